The summed E-state index contributed by atoms with van der Waals surface area (Å²) in [7, 11) is 4.45. The van der Waals surface area contributed by atoms with Crippen LogP contribution in [0.25, 0.3) is 0 Å². The third-order valence-electron chi connectivity index (χ3n) is 6.60. The Hall–Kier alpha value is -1.14. The molecule has 1 saturated carbocycles. The average Bonchev–Trinajstić information content (AvgIpc) is 3.31. The summed E-state index contributed by atoms with van der Waals surface area (Å²) in [5, 5.41) is 0. The van der Waals surface area contributed by atoms with Gasteiger partial charge in [-0.3, -0.25) is 9.80 Å². The molecule has 0 saturated heterocycles. The van der Waals surface area contributed by atoms with Gasteiger partial charge in [0.2, 0.25) is 0 Å². The van der Waals surface area contributed by atoms with Crippen LogP contribution in [0.15, 0.2) is 9.98 Å². The van der Waals surface area contributed by atoms with E-state index in [-0.39, 0.29) is 0 Å². The minimum Gasteiger partial charge on any atom is -0.478 e. The summed E-state index contributed by atoms with van der Waals surface area (Å²) in [4.78, 5) is 14.5. The molecule has 2 aliphatic heterocycles. The van der Waals surface area contributed by atoms with Crippen LogP contribution in [-0.2, 0) is 9.47 Å². The van der Waals surface area contributed by atoms with E-state index in [0.29, 0.717) is 36.0 Å². The lowest BCUT2D eigenvalue weighted by Gasteiger charge is -2.42. The number of nitrogens with zero attached hydrogens (tertiary/aromatic N) is 4. The molecule has 0 aromatic carbocycles. The molecule has 0 aromatic rings. The van der Waals surface area contributed by atoms with Crippen LogP contribution in [0.2, 0.25) is 0 Å². The Morgan fingerprint density at radius 2 is 1.18 bits per heavy atom. The third-order valence-corrected chi connectivity index (χ3v) is 6.60. The van der Waals surface area contributed by atoms with Crippen molar-refractivity contribution in [3.63, 3.8) is 0 Å². The van der Waals surface area contributed by atoms with Crippen molar-refractivity contribution in [2.75, 3.05) is 40.4 Å². The second-order valence-corrected chi connectivity index (χ2v) is 9.54. The molecule has 0 spiro atoms. The van der Waals surface area contributed by atoms with Gasteiger partial charge in [-0.1, -0.05) is 40.5 Å². The Balaban J connectivity index is 1.59. The molecule has 6 heteroatoms. The van der Waals surface area contributed by atoms with Gasteiger partial charge in [0.05, 0.1) is 25.2 Å². The van der Waals surface area contributed by atoms with Gasteiger partial charge in [0.15, 0.2) is 11.8 Å². The van der Waals surface area contributed by atoms with E-state index in [2.05, 4.69) is 51.6 Å². The van der Waals surface area contributed by atoms with E-state index in [1.54, 1.807) is 0 Å². The van der Waals surface area contributed by atoms with Crippen molar-refractivity contribution in [1.29, 1.82) is 0 Å². The minimum absolute atomic E-state index is 0.319. The topological polar surface area (TPSA) is 49.7 Å². The van der Waals surface area contributed by atoms with Crippen LogP contribution in [0.4, 0.5) is 0 Å². The van der Waals surface area contributed by atoms with Crippen LogP contribution in [0.3, 0.4) is 0 Å². The molecule has 3 rings (SSSR count). The second-order valence-electron chi connectivity index (χ2n) is 9.54. The number of ether oxygens (including phenoxy) is 2. The van der Waals surface area contributed by atoms with Gasteiger partial charge in [-0.15, -0.1) is 0 Å². The molecule has 2 heterocycles. The molecule has 160 valence electrons. The lowest BCUT2D eigenvalue weighted by Crippen LogP contribution is -2.53. The first-order chi connectivity index (χ1) is 13.3. The summed E-state index contributed by atoms with van der Waals surface area (Å²) >= 11 is 0. The lowest BCUT2D eigenvalue weighted by atomic mass is 9.88. The van der Waals surface area contributed by atoms with Crippen LogP contribution in [0.5, 0.6) is 0 Å². The van der Waals surface area contributed by atoms with Gasteiger partial charge in [0.25, 0.3) is 0 Å². The standard InChI is InChI=1S/C22H40N4O2/c1-15(2)17-13-27-21(23-17)11-25(5)19-9-7-8-10-20(19)26(6)12-22-24-18(14-28-22)16(3)4/h15-20H,7-14H2,1-6H3/t17-,18-,19-,20-/m1/s1. The first kappa shape index (κ1) is 21.6. The molecule has 0 radical (unpaired) electrons. The Bertz CT molecular complexity index is 525. The molecule has 3 aliphatic rings. The fourth-order valence-corrected chi connectivity index (χ4v) is 4.52. The van der Waals surface area contributed by atoms with Gasteiger partial charge < -0.3 is 9.47 Å². The molecule has 0 N–H and O–H groups in total. The maximum atomic E-state index is 5.88. The Kier molecular flexibility index (Phi) is 7.37. The highest BCUT2D eigenvalue weighted by Gasteiger charge is 2.34. The molecular weight excluding hydrogens is 352 g/mol. The van der Waals surface area contributed by atoms with Crippen LogP contribution in [-0.4, -0.2) is 86.2 Å². The fourth-order valence-electron chi connectivity index (χ4n) is 4.52. The van der Waals surface area contributed by atoms with Gasteiger partial charge in [0, 0.05) is 12.1 Å². The summed E-state index contributed by atoms with van der Waals surface area (Å²) in [5.41, 5.74) is 0. The van der Waals surface area contributed by atoms with E-state index >= 15 is 0 Å². The number of likely N-dealkylation sites (N-methyl/N-ethyl adjacent to an activating group) is 2. The Labute approximate surface area is 171 Å². The molecule has 4 atom stereocenters. The summed E-state index contributed by atoms with van der Waals surface area (Å²) in [6, 6.07) is 1.68. The van der Waals surface area contributed by atoms with Crippen molar-refractivity contribution in [1.82, 2.24) is 9.80 Å². The molecule has 6 nitrogen and oxygen atoms in total. The zero-order valence-electron chi connectivity index (χ0n) is 18.7. The molecule has 0 bridgehead atoms. The van der Waals surface area contributed by atoms with Gasteiger partial charge in [-0.25, -0.2) is 9.98 Å². The van der Waals surface area contributed by atoms with E-state index in [1.165, 1.54) is 25.7 Å². The van der Waals surface area contributed by atoms with E-state index in [0.717, 1.165) is 38.1 Å². The highest BCUT2D eigenvalue weighted by molar-refractivity contribution is 5.80. The maximum absolute atomic E-state index is 5.88. The zero-order valence-corrected chi connectivity index (χ0v) is 18.7. The van der Waals surface area contributed by atoms with Crippen molar-refractivity contribution in [2.45, 2.75) is 77.5 Å². The highest BCUT2D eigenvalue weighted by Crippen LogP contribution is 2.27. The van der Waals surface area contributed by atoms with Crippen molar-refractivity contribution in [2.24, 2.45) is 21.8 Å². The van der Waals surface area contributed by atoms with Crippen molar-refractivity contribution < 1.29 is 9.47 Å². The van der Waals surface area contributed by atoms with Crippen molar-refractivity contribution >= 4 is 11.8 Å². The SMILES string of the molecule is CC(C)[C@H]1COC(CN(C)[C@@H]2CCCC[C@H]2N(C)CC2=N[C@@H](C(C)C)CO2)=N1. The molecule has 1 aliphatic carbocycles. The second kappa shape index (κ2) is 9.57. The molecule has 0 unspecified atom stereocenters. The minimum atomic E-state index is 0.319. The predicted molar refractivity (Wildman–Crippen MR) is 115 cm³/mol. The van der Waals surface area contributed by atoms with Crippen LogP contribution < -0.4 is 0 Å². The summed E-state index contributed by atoms with van der Waals surface area (Å²) < 4.78 is 11.8. The lowest BCUT2D eigenvalue weighted by molar-refractivity contribution is 0.0898. The van der Waals surface area contributed by atoms with E-state index in [9.17, 15) is 0 Å². The first-order valence-electron chi connectivity index (χ1n) is 11.1. The van der Waals surface area contributed by atoms with Crippen LogP contribution in [0.1, 0.15) is 53.4 Å². The monoisotopic (exact) mass is 392 g/mol. The third kappa shape index (κ3) is 5.26. The van der Waals surface area contributed by atoms with Gasteiger partial charge >= 0.3 is 0 Å². The van der Waals surface area contributed by atoms with Crippen LogP contribution in [0, 0.1) is 11.8 Å². The quantitative estimate of drug-likeness (QED) is 0.637. The number of hydrogen-bond acceptors (Lipinski definition) is 6. The number of hydrogen-bond donors (Lipinski definition) is 0. The molecule has 0 aromatic heterocycles. The zero-order chi connectivity index (χ0) is 20.3. The van der Waals surface area contributed by atoms with E-state index in [4.69, 9.17) is 19.5 Å². The van der Waals surface area contributed by atoms with Crippen molar-refractivity contribution in [3.8, 4) is 0 Å². The Morgan fingerprint density at radius 3 is 1.50 bits per heavy atom. The largest absolute Gasteiger partial charge is 0.478 e. The fraction of sp³-hybridized carbons (Fsp3) is 0.909. The van der Waals surface area contributed by atoms with Gasteiger partial charge in [0.1, 0.15) is 13.2 Å². The van der Waals surface area contributed by atoms with Gasteiger partial charge in [-0.2, -0.15) is 0 Å². The smallest absolute Gasteiger partial charge is 0.198 e. The molecule has 1 fully saturated rings. The predicted octanol–water partition coefficient (Wildman–Crippen LogP) is 3.07. The average molecular weight is 393 g/mol. The number of aliphatic imine (C=N–C) groups is 2. The number of rotatable bonds is 8. The maximum Gasteiger partial charge on any atom is 0.198 e. The molecular formula is C22H40N4O2. The summed E-state index contributed by atoms with van der Waals surface area (Å²) in [6.45, 7) is 12.0. The first-order valence-corrected chi connectivity index (χ1v) is 11.1. The summed E-state index contributed by atoms with van der Waals surface area (Å²) in [5.74, 6) is 2.91. The van der Waals surface area contributed by atoms with Crippen molar-refractivity contribution in [3.05, 3.63) is 0 Å². The highest BCUT2D eigenvalue weighted by atomic mass is 16.5. The summed E-state index contributed by atoms with van der Waals surface area (Å²) in [6.07, 6.45) is 5.06. The molecule has 28 heavy (non-hydrogen) atoms. The van der Waals surface area contributed by atoms with E-state index in [1.807, 2.05) is 0 Å². The normalized spacial score (nSPS) is 30.8. The Morgan fingerprint density at radius 1 is 0.786 bits per heavy atom. The van der Waals surface area contributed by atoms with Crippen LogP contribution >= 0.6 is 0 Å². The van der Waals surface area contributed by atoms with E-state index < -0.39 is 0 Å². The molecule has 0 amide bonds. The van der Waals surface area contributed by atoms with Gasteiger partial charge in [-0.05, 0) is 38.8 Å².